The largest absolute Gasteiger partial charge is 0.495 e. The molecule has 0 aliphatic carbocycles. The number of benzene rings is 2. The van der Waals surface area contributed by atoms with E-state index < -0.39 is 0 Å². The molecule has 6 heteroatoms. The highest BCUT2D eigenvalue weighted by Crippen LogP contribution is 2.36. The summed E-state index contributed by atoms with van der Waals surface area (Å²) in [6, 6.07) is 10.6. The second kappa shape index (κ2) is 7.00. The molecule has 2 aromatic carbocycles. The van der Waals surface area contributed by atoms with E-state index in [1.807, 2.05) is 18.2 Å². The van der Waals surface area contributed by atoms with E-state index in [0.717, 1.165) is 3.57 Å². The van der Waals surface area contributed by atoms with Crippen LogP contribution in [0.3, 0.4) is 0 Å². The van der Waals surface area contributed by atoms with E-state index in [2.05, 4.69) is 27.9 Å². The quantitative estimate of drug-likeness (QED) is 0.758. The molecule has 2 aromatic rings. The average molecular weight is 418 g/mol. The molecule has 0 bridgehead atoms. The predicted molar refractivity (Wildman–Crippen MR) is 91.7 cm³/mol. The Balaban J connectivity index is 2.33. The summed E-state index contributed by atoms with van der Waals surface area (Å²) in [6.45, 7) is 0. The molecule has 0 aliphatic rings. The van der Waals surface area contributed by atoms with Crippen molar-refractivity contribution in [3.8, 4) is 11.5 Å². The lowest BCUT2D eigenvalue weighted by atomic mass is 10.2. The van der Waals surface area contributed by atoms with Crippen LogP contribution in [-0.2, 0) is 0 Å². The fourth-order valence-electron chi connectivity index (χ4n) is 1.79. The maximum absolute atomic E-state index is 12.3. The SMILES string of the molecule is COc1cc(OC)c(NC(=O)c2ccccc2I)cc1Cl. The van der Waals surface area contributed by atoms with Gasteiger partial charge in [-0.3, -0.25) is 4.79 Å². The Morgan fingerprint density at radius 1 is 1.14 bits per heavy atom. The summed E-state index contributed by atoms with van der Waals surface area (Å²) in [5.74, 6) is 0.746. The third kappa shape index (κ3) is 3.59. The van der Waals surface area contributed by atoms with Gasteiger partial charge in [0, 0.05) is 9.64 Å². The summed E-state index contributed by atoms with van der Waals surface area (Å²) in [5, 5.41) is 3.20. The van der Waals surface area contributed by atoms with E-state index in [9.17, 15) is 4.79 Å². The Labute approximate surface area is 141 Å². The van der Waals surface area contributed by atoms with Crippen molar-refractivity contribution in [3.05, 3.63) is 50.6 Å². The molecule has 0 aromatic heterocycles. The van der Waals surface area contributed by atoms with Crippen LogP contribution in [0.15, 0.2) is 36.4 Å². The van der Waals surface area contributed by atoms with Crippen LogP contribution in [-0.4, -0.2) is 20.1 Å². The second-order valence-electron chi connectivity index (χ2n) is 4.12. The van der Waals surface area contributed by atoms with Crippen LogP contribution in [0.1, 0.15) is 10.4 Å². The van der Waals surface area contributed by atoms with Gasteiger partial charge in [0.2, 0.25) is 0 Å². The molecule has 4 nitrogen and oxygen atoms in total. The number of anilines is 1. The van der Waals surface area contributed by atoms with Crippen LogP contribution < -0.4 is 14.8 Å². The number of ether oxygens (including phenoxy) is 2. The first kappa shape index (κ1) is 15.9. The van der Waals surface area contributed by atoms with Gasteiger partial charge in [-0.25, -0.2) is 0 Å². The Bertz CT molecular complexity index is 676. The van der Waals surface area contributed by atoms with Crippen molar-refractivity contribution < 1.29 is 14.3 Å². The van der Waals surface area contributed by atoms with Crippen LogP contribution in [0.4, 0.5) is 5.69 Å². The highest BCUT2D eigenvalue weighted by atomic mass is 127. The zero-order chi connectivity index (χ0) is 15.4. The normalized spacial score (nSPS) is 10.1. The number of nitrogens with one attached hydrogen (secondary N) is 1. The highest BCUT2D eigenvalue weighted by Gasteiger charge is 2.15. The predicted octanol–water partition coefficient (Wildman–Crippen LogP) is 4.21. The van der Waals surface area contributed by atoms with Gasteiger partial charge in [0.15, 0.2) is 0 Å². The zero-order valence-corrected chi connectivity index (χ0v) is 14.4. The fourth-order valence-corrected chi connectivity index (χ4v) is 2.67. The van der Waals surface area contributed by atoms with Gasteiger partial charge in [0.25, 0.3) is 5.91 Å². The number of rotatable bonds is 4. The summed E-state index contributed by atoms with van der Waals surface area (Å²) in [4.78, 5) is 12.3. The maximum Gasteiger partial charge on any atom is 0.256 e. The molecule has 0 atom stereocenters. The molecule has 1 amide bonds. The third-order valence-electron chi connectivity index (χ3n) is 2.84. The van der Waals surface area contributed by atoms with Crippen molar-refractivity contribution in [3.63, 3.8) is 0 Å². The lowest BCUT2D eigenvalue weighted by Gasteiger charge is -2.13. The number of amides is 1. The first-order chi connectivity index (χ1) is 10.1. The molecular formula is C15H13ClINO3. The lowest BCUT2D eigenvalue weighted by Crippen LogP contribution is -2.14. The molecule has 0 spiro atoms. The molecule has 2 rings (SSSR count). The number of hydrogen-bond donors (Lipinski definition) is 1. The van der Waals surface area contributed by atoms with Crippen molar-refractivity contribution in [2.75, 3.05) is 19.5 Å². The summed E-state index contributed by atoms with van der Waals surface area (Å²) < 4.78 is 11.2. The Hall–Kier alpha value is -1.47. The lowest BCUT2D eigenvalue weighted by molar-refractivity contribution is 0.102. The standard InChI is InChI=1S/C15H13ClINO3/c1-20-13-8-14(21-2)12(7-10(13)16)18-15(19)9-5-3-4-6-11(9)17/h3-8H,1-2H3,(H,18,19). The number of carbonyl (C=O) groups excluding carboxylic acids is 1. The van der Waals surface area contributed by atoms with Gasteiger partial charge < -0.3 is 14.8 Å². The smallest absolute Gasteiger partial charge is 0.256 e. The number of carbonyl (C=O) groups is 1. The van der Waals surface area contributed by atoms with E-state index in [0.29, 0.717) is 27.8 Å². The van der Waals surface area contributed by atoms with Crippen LogP contribution in [0.2, 0.25) is 5.02 Å². The molecule has 21 heavy (non-hydrogen) atoms. The summed E-state index contributed by atoms with van der Waals surface area (Å²) in [6.07, 6.45) is 0. The second-order valence-corrected chi connectivity index (χ2v) is 5.69. The van der Waals surface area contributed by atoms with Crippen molar-refractivity contribution in [1.82, 2.24) is 0 Å². The van der Waals surface area contributed by atoms with Gasteiger partial charge >= 0.3 is 0 Å². The molecule has 0 aliphatic heterocycles. The van der Waals surface area contributed by atoms with E-state index in [1.165, 1.54) is 14.2 Å². The number of halogens is 2. The van der Waals surface area contributed by atoms with Gasteiger partial charge in [-0.15, -0.1) is 0 Å². The first-order valence-corrected chi connectivity index (χ1v) is 7.50. The van der Waals surface area contributed by atoms with Gasteiger partial charge in [0.1, 0.15) is 11.5 Å². The Morgan fingerprint density at radius 2 is 1.81 bits per heavy atom. The Kier molecular flexibility index (Phi) is 5.30. The van der Waals surface area contributed by atoms with Crippen molar-refractivity contribution in [2.45, 2.75) is 0 Å². The van der Waals surface area contributed by atoms with E-state index >= 15 is 0 Å². The summed E-state index contributed by atoms with van der Waals surface area (Å²) in [5.41, 5.74) is 1.08. The minimum Gasteiger partial charge on any atom is -0.495 e. The van der Waals surface area contributed by atoms with Crippen LogP contribution in [0.25, 0.3) is 0 Å². The fraction of sp³-hybridized carbons (Fsp3) is 0.133. The van der Waals surface area contributed by atoms with Crippen molar-refractivity contribution >= 4 is 45.8 Å². The highest BCUT2D eigenvalue weighted by molar-refractivity contribution is 14.1. The van der Waals surface area contributed by atoms with Gasteiger partial charge in [-0.05, 0) is 40.8 Å². The topological polar surface area (TPSA) is 47.6 Å². The zero-order valence-electron chi connectivity index (χ0n) is 11.4. The van der Waals surface area contributed by atoms with Crippen molar-refractivity contribution in [1.29, 1.82) is 0 Å². The Morgan fingerprint density at radius 3 is 2.43 bits per heavy atom. The van der Waals surface area contributed by atoms with Crippen molar-refractivity contribution in [2.24, 2.45) is 0 Å². The molecule has 0 radical (unpaired) electrons. The minimum atomic E-state index is -0.223. The average Bonchev–Trinajstić information content (AvgIpc) is 2.48. The molecule has 0 unspecified atom stereocenters. The number of methoxy groups -OCH3 is 2. The molecule has 0 heterocycles. The summed E-state index contributed by atoms with van der Waals surface area (Å²) in [7, 11) is 3.04. The van der Waals surface area contributed by atoms with E-state index in [-0.39, 0.29) is 5.91 Å². The van der Waals surface area contributed by atoms with Gasteiger partial charge in [-0.2, -0.15) is 0 Å². The monoisotopic (exact) mass is 417 g/mol. The van der Waals surface area contributed by atoms with Crippen LogP contribution >= 0.6 is 34.2 Å². The molecule has 0 fully saturated rings. The summed E-state index contributed by atoms with van der Waals surface area (Å²) >= 11 is 8.20. The molecular weight excluding hydrogens is 405 g/mol. The first-order valence-electron chi connectivity index (χ1n) is 6.04. The van der Waals surface area contributed by atoms with E-state index in [4.69, 9.17) is 21.1 Å². The van der Waals surface area contributed by atoms with E-state index in [1.54, 1.807) is 18.2 Å². The van der Waals surface area contributed by atoms with Gasteiger partial charge in [-0.1, -0.05) is 23.7 Å². The minimum absolute atomic E-state index is 0.223. The molecule has 0 saturated heterocycles. The third-order valence-corrected chi connectivity index (χ3v) is 4.08. The maximum atomic E-state index is 12.3. The van der Waals surface area contributed by atoms with Gasteiger partial charge in [0.05, 0.1) is 30.5 Å². The molecule has 110 valence electrons. The molecule has 0 saturated carbocycles. The van der Waals surface area contributed by atoms with Crippen LogP contribution in [0.5, 0.6) is 11.5 Å². The van der Waals surface area contributed by atoms with Crippen LogP contribution in [0, 0.1) is 3.57 Å². The molecule has 1 N–H and O–H groups in total. The number of hydrogen-bond acceptors (Lipinski definition) is 3.